The van der Waals surface area contributed by atoms with Crippen LogP contribution in [0.2, 0.25) is 0 Å². The van der Waals surface area contributed by atoms with Gasteiger partial charge in [-0.3, -0.25) is 4.98 Å². The largest absolute Gasteiger partial charge is 0.330 e. The van der Waals surface area contributed by atoms with Gasteiger partial charge in [-0.05, 0) is 12.8 Å². The van der Waals surface area contributed by atoms with Crippen molar-refractivity contribution in [1.82, 2.24) is 4.98 Å². The fourth-order valence-corrected chi connectivity index (χ4v) is 2.53. The molecule has 2 rings (SSSR count). The molecule has 0 spiro atoms. The maximum Gasteiger partial charge on any atom is 0.0794 e. The van der Waals surface area contributed by atoms with Crippen molar-refractivity contribution in [1.29, 1.82) is 0 Å². The predicted molar refractivity (Wildman–Crippen MR) is 46.7 cm³/mol. The summed E-state index contributed by atoms with van der Waals surface area (Å²) in [7, 11) is 0. The van der Waals surface area contributed by atoms with Crippen molar-refractivity contribution in [3.8, 4) is 0 Å². The highest BCUT2D eigenvalue weighted by atomic mass is 32.1. The highest BCUT2D eigenvalue weighted by molar-refractivity contribution is 7.09. The first-order valence-electron chi connectivity index (χ1n) is 3.96. The van der Waals surface area contributed by atoms with E-state index >= 15 is 0 Å². The number of rotatable bonds is 2. The van der Waals surface area contributed by atoms with E-state index in [0.29, 0.717) is 5.41 Å². The minimum Gasteiger partial charge on any atom is -0.330 e. The van der Waals surface area contributed by atoms with E-state index in [0.717, 1.165) is 6.54 Å². The van der Waals surface area contributed by atoms with Crippen LogP contribution in [0, 0.1) is 0 Å². The van der Waals surface area contributed by atoms with Crippen LogP contribution in [0.3, 0.4) is 0 Å². The lowest BCUT2D eigenvalue weighted by Gasteiger charge is -2.39. The molecule has 60 valence electrons. The first kappa shape index (κ1) is 7.25. The molecular formula is C8H12N2S. The standard InChI is InChI=1S/C8H12N2S/c9-5-8(2-1-3-8)7-4-10-6-11-7/h4,6H,1-3,5,9H2. The van der Waals surface area contributed by atoms with Crippen molar-refractivity contribution in [3.05, 3.63) is 16.6 Å². The number of aromatic nitrogens is 1. The van der Waals surface area contributed by atoms with Gasteiger partial charge in [0.15, 0.2) is 0 Å². The van der Waals surface area contributed by atoms with E-state index in [4.69, 9.17) is 5.73 Å². The summed E-state index contributed by atoms with van der Waals surface area (Å²) in [5.41, 5.74) is 7.95. The normalized spacial score (nSPS) is 21.2. The zero-order valence-corrected chi connectivity index (χ0v) is 7.23. The van der Waals surface area contributed by atoms with Gasteiger partial charge in [0.05, 0.1) is 5.51 Å². The molecule has 2 nitrogen and oxygen atoms in total. The molecule has 0 aromatic carbocycles. The average molecular weight is 168 g/mol. The monoisotopic (exact) mass is 168 g/mol. The summed E-state index contributed by atoms with van der Waals surface area (Å²) in [6, 6.07) is 0. The van der Waals surface area contributed by atoms with Crippen molar-refractivity contribution in [2.75, 3.05) is 6.54 Å². The van der Waals surface area contributed by atoms with Gasteiger partial charge in [0.25, 0.3) is 0 Å². The average Bonchev–Trinajstić information content (AvgIpc) is 2.39. The molecular weight excluding hydrogens is 156 g/mol. The Bertz CT molecular complexity index is 221. The van der Waals surface area contributed by atoms with Gasteiger partial charge >= 0.3 is 0 Å². The summed E-state index contributed by atoms with van der Waals surface area (Å²) >= 11 is 1.74. The third-order valence-electron chi connectivity index (χ3n) is 2.66. The van der Waals surface area contributed by atoms with E-state index < -0.39 is 0 Å². The predicted octanol–water partition coefficient (Wildman–Crippen LogP) is 1.52. The van der Waals surface area contributed by atoms with Gasteiger partial charge in [-0.1, -0.05) is 6.42 Å². The van der Waals surface area contributed by atoms with Crippen molar-refractivity contribution in [3.63, 3.8) is 0 Å². The maximum absolute atomic E-state index is 5.74. The molecule has 0 atom stereocenters. The summed E-state index contributed by atoms with van der Waals surface area (Å²) < 4.78 is 0. The third-order valence-corrected chi connectivity index (χ3v) is 3.68. The van der Waals surface area contributed by atoms with Gasteiger partial charge in [-0.15, -0.1) is 11.3 Å². The van der Waals surface area contributed by atoms with E-state index in [1.54, 1.807) is 11.3 Å². The summed E-state index contributed by atoms with van der Waals surface area (Å²) in [6.45, 7) is 0.787. The first-order valence-corrected chi connectivity index (χ1v) is 4.84. The number of nitrogens with zero attached hydrogens (tertiary/aromatic N) is 1. The van der Waals surface area contributed by atoms with Gasteiger partial charge in [0, 0.05) is 23.0 Å². The van der Waals surface area contributed by atoms with E-state index in [1.807, 2.05) is 11.7 Å². The maximum atomic E-state index is 5.74. The number of nitrogens with two attached hydrogens (primary N) is 1. The Labute approximate surface area is 70.5 Å². The fourth-order valence-electron chi connectivity index (χ4n) is 1.63. The Balaban J connectivity index is 2.25. The molecule has 0 unspecified atom stereocenters. The van der Waals surface area contributed by atoms with Gasteiger partial charge in [-0.25, -0.2) is 0 Å². The molecule has 1 aliphatic carbocycles. The molecule has 1 fully saturated rings. The molecule has 3 heteroatoms. The third kappa shape index (κ3) is 0.993. The summed E-state index contributed by atoms with van der Waals surface area (Å²) in [5.74, 6) is 0. The van der Waals surface area contributed by atoms with Crippen LogP contribution in [0.15, 0.2) is 11.7 Å². The molecule has 1 heterocycles. The van der Waals surface area contributed by atoms with Crippen LogP contribution < -0.4 is 5.73 Å². The Morgan fingerprint density at radius 2 is 2.45 bits per heavy atom. The van der Waals surface area contributed by atoms with Crippen LogP contribution >= 0.6 is 11.3 Å². The minimum absolute atomic E-state index is 0.321. The number of hydrogen-bond acceptors (Lipinski definition) is 3. The smallest absolute Gasteiger partial charge is 0.0794 e. The highest BCUT2D eigenvalue weighted by Crippen LogP contribution is 2.44. The number of thiazole rings is 1. The van der Waals surface area contributed by atoms with Crippen LogP contribution in [0.25, 0.3) is 0 Å². The Kier molecular flexibility index (Phi) is 1.69. The Hall–Kier alpha value is -0.410. The molecule has 1 aromatic heterocycles. The second-order valence-corrected chi connectivity index (χ2v) is 4.09. The SMILES string of the molecule is NCC1(c2cncs2)CCC1. The molecule has 0 aliphatic heterocycles. The molecule has 0 radical (unpaired) electrons. The van der Waals surface area contributed by atoms with Crippen molar-refractivity contribution < 1.29 is 0 Å². The van der Waals surface area contributed by atoms with Gasteiger partial charge in [0.1, 0.15) is 0 Å². The highest BCUT2D eigenvalue weighted by Gasteiger charge is 2.38. The second-order valence-electron chi connectivity index (χ2n) is 3.20. The zero-order valence-electron chi connectivity index (χ0n) is 6.42. The molecule has 2 N–H and O–H groups in total. The summed E-state index contributed by atoms with van der Waals surface area (Å²) in [5, 5.41) is 0. The van der Waals surface area contributed by atoms with Crippen molar-refractivity contribution in [2.45, 2.75) is 24.7 Å². The molecule has 1 aliphatic rings. The second kappa shape index (κ2) is 2.57. The fraction of sp³-hybridized carbons (Fsp3) is 0.625. The first-order chi connectivity index (χ1) is 5.37. The van der Waals surface area contributed by atoms with Crippen LogP contribution in [0.5, 0.6) is 0 Å². The van der Waals surface area contributed by atoms with Crippen LogP contribution in [-0.4, -0.2) is 11.5 Å². The van der Waals surface area contributed by atoms with Crippen LogP contribution in [-0.2, 0) is 5.41 Å². The van der Waals surface area contributed by atoms with E-state index in [9.17, 15) is 0 Å². The van der Waals surface area contributed by atoms with Crippen molar-refractivity contribution >= 4 is 11.3 Å². The number of hydrogen-bond donors (Lipinski definition) is 1. The topological polar surface area (TPSA) is 38.9 Å². The van der Waals surface area contributed by atoms with E-state index in [-0.39, 0.29) is 0 Å². The van der Waals surface area contributed by atoms with Gasteiger partial charge in [0.2, 0.25) is 0 Å². The van der Waals surface area contributed by atoms with Gasteiger partial charge in [-0.2, -0.15) is 0 Å². The Morgan fingerprint density at radius 3 is 2.82 bits per heavy atom. The molecule has 1 saturated carbocycles. The molecule has 11 heavy (non-hydrogen) atoms. The molecule has 0 saturated heterocycles. The quantitative estimate of drug-likeness (QED) is 0.727. The zero-order chi connectivity index (χ0) is 7.73. The lowest BCUT2D eigenvalue weighted by atomic mass is 9.68. The molecule has 0 amide bonds. The summed E-state index contributed by atoms with van der Waals surface area (Å²) in [4.78, 5) is 5.46. The van der Waals surface area contributed by atoms with Gasteiger partial charge < -0.3 is 5.73 Å². The van der Waals surface area contributed by atoms with E-state index in [1.165, 1.54) is 24.1 Å². The molecule has 0 bridgehead atoms. The van der Waals surface area contributed by atoms with Crippen LogP contribution in [0.1, 0.15) is 24.1 Å². The summed E-state index contributed by atoms with van der Waals surface area (Å²) in [6.07, 6.45) is 5.81. The molecule has 1 aromatic rings. The van der Waals surface area contributed by atoms with Crippen molar-refractivity contribution in [2.24, 2.45) is 5.73 Å². The lowest BCUT2D eigenvalue weighted by Crippen LogP contribution is -2.40. The van der Waals surface area contributed by atoms with E-state index in [2.05, 4.69) is 4.98 Å². The Morgan fingerprint density at radius 1 is 1.64 bits per heavy atom. The minimum atomic E-state index is 0.321. The van der Waals surface area contributed by atoms with Crippen LogP contribution in [0.4, 0.5) is 0 Å². The lowest BCUT2D eigenvalue weighted by molar-refractivity contribution is 0.258.